The van der Waals surface area contributed by atoms with Crippen LogP contribution >= 0.6 is 0 Å². The predicted octanol–water partition coefficient (Wildman–Crippen LogP) is 2.71. The molecule has 0 radical (unpaired) electrons. The molecule has 0 aliphatic carbocycles. The summed E-state index contributed by atoms with van der Waals surface area (Å²) in [5, 5.41) is 0. The third-order valence-electron chi connectivity index (χ3n) is 3.52. The first kappa shape index (κ1) is 11.9. The number of anilines is 2. The molecule has 2 N–H and O–H groups in total. The van der Waals surface area contributed by atoms with Crippen LogP contribution in [0.1, 0.15) is 5.56 Å². The van der Waals surface area contributed by atoms with E-state index in [0.717, 1.165) is 25.3 Å². The van der Waals surface area contributed by atoms with Crippen LogP contribution in [0.2, 0.25) is 0 Å². The standard InChI is InChI=1S/C16H18N2O/c17-14-6-2-4-8-16(14)19-12-11-18-10-9-13-5-1-3-7-15(13)18/h1-8H,9-12,17H2. The number of benzene rings is 2. The van der Waals surface area contributed by atoms with E-state index in [9.17, 15) is 0 Å². The second-order valence-electron chi connectivity index (χ2n) is 4.75. The van der Waals surface area contributed by atoms with Gasteiger partial charge in [-0.2, -0.15) is 0 Å². The van der Waals surface area contributed by atoms with E-state index >= 15 is 0 Å². The molecule has 0 amide bonds. The summed E-state index contributed by atoms with van der Waals surface area (Å²) in [6, 6.07) is 16.2. The number of para-hydroxylation sites is 3. The zero-order valence-corrected chi connectivity index (χ0v) is 10.9. The van der Waals surface area contributed by atoms with E-state index in [1.54, 1.807) is 0 Å². The van der Waals surface area contributed by atoms with Crippen molar-refractivity contribution in [3.05, 3.63) is 54.1 Å². The first-order valence-electron chi connectivity index (χ1n) is 6.65. The second kappa shape index (κ2) is 5.22. The Morgan fingerprint density at radius 1 is 1.05 bits per heavy atom. The van der Waals surface area contributed by atoms with Crippen LogP contribution < -0.4 is 15.4 Å². The van der Waals surface area contributed by atoms with Crippen molar-refractivity contribution in [1.82, 2.24) is 0 Å². The van der Waals surface area contributed by atoms with Crippen molar-refractivity contribution in [3.63, 3.8) is 0 Å². The Bertz CT molecular complexity index is 568. The number of ether oxygens (including phenoxy) is 1. The molecule has 2 aromatic carbocycles. The smallest absolute Gasteiger partial charge is 0.142 e. The molecule has 0 saturated carbocycles. The van der Waals surface area contributed by atoms with Gasteiger partial charge in [0.15, 0.2) is 0 Å². The van der Waals surface area contributed by atoms with Crippen LogP contribution in [0.3, 0.4) is 0 Å². The summed E-state index contributed by atoms with van der Waals surface area (Å²) >= 11 is 0. The molecular weight excluding hydrogens is 236 g/mol. The molecule has 0 spiro atoms. The SMILES string of the molecule is Nc1ccccc1OCCN1CCc2ccccc21. The van der Waals surface area contributed by atoms with E-state index < -0.39 is 0 Å². The highest BCUT2D eigenvalue weighted by Gasteiger charge is 2.17. The molecule has 0 aromatic heterocycles. The lowest BCUT2D eigenvalue weighted by Crippen LogP contribution is -2.26. The van der Waals surface area contributed by atoms with Crippen LogP contribution in [0, 0.1) is 0 Å². The number of rotatable bonds is 4. The van der Waals surface area contributed by atoms with Crippen molar-refractivity contribution in [2.45, 2.75) is 6.42 Å². The fraction of sp³-hybridized carbons (Fsp3) is 0.250. The summed E-state index contributed by atoms with van der Waals surface area (Å²) in [5.41, 5.74) is 9.32. The average Bonchev–Trinajstić information content (AvgIpc) is 2.85. The van der Waals surface area contributed by atoms with Crippen molar-refractivity contribution >= 4 is 11.4 Å². The summed E-state index contributed by atoms with van der Waals surface area (Å²) in [6.45, 7) is 2.63. The normalized spacial score (nSPS) is 13.4. The van der Waals surface area contributed by atoms with Gasteiger partial charge < -0.3 is 15.4 Å². The van der Waals surface area contributed by atoms with Crippen LogP contribution in [0.25, 0.3) is 0 Å². The minimum Gasteiger partial charge on any atom is -0.490 e. The number of nitrogens with two attached hydrogens (primary N) is 1. The monoisotopic (exact) mass is 254 g/mol. The van der Waals surface area contributed by atoms with Crippen LogP contribution in [-0.2, 0) is 6.42 Å². The van der Waals surface area contributed by atoms with Gasteiger partial charge in [-0.1, -0.05) is 30.3 Å². The Morgan fingerprint density at radius 3 is 2.74 bits per heavy atom. The maximum absolute atomic E-state index is 5.85. The summed E-state index contributed by atoms with van der Waals surface area (Å²) in [7, 11) is 0. The molecule has 0 bridgehead atoms. The highest BCUT2D eigenvalue weighted by atomic mass is 16.5. The minimum absolute atomic E-state index is 0.655. The molecule has 0 unspecified atom stereocenters. The molecule has 3 nitrogen and oxygen atoms in total. The number of hydrogen-bond acceptors (Lipinski definition) is 3. The maximum atomic E-state index is 5.85. The zero-order chi connectivity index (χ0) is 13.1. The molecule has 0 atom stereocenters. The quantitative estimate of drug-likeness (QED) is 0.853. The topological polar surface area (TPSA) is 38.5 Å². The lowest BCUT2D eigenvalue weighted by Gasteiger charge is -2.19. The highest BCUT2D eigenvalue weighted by Crippen LogP contribution is 2.27. The van der Waals surface area contributed by atoms with E-state index in [4.69, 9.17) is 10.5 Å². The molecular formula is C16H18N2O. The van der Waals surface area contributed by atoms with Gasteiger partial charge in [-0.3, -0.25) is 0 Å². The van der Waals surface area contributed by atoms with E-state index in [0.29, 0.717) is 12.3 Å². The zero-order valence-electron chi connectivity index (χ0n) is 10.9. The summed E-state index contributed by atoms with van der Waals surface area (Å²) in [4.78, 5) is 2.37. The summed E-state index contributed by atoms with van der Waals surface area (Å²) in [6.07, 6.45) is 1.13. The number of hydrogen-bond donors (Lipinski definition) is 1. The Morgan fingerprint density at radius 2 is 1.84 bits per heavy atom. The molecule has 1 aliphatic heterocycles. The Kier molecular flexibility index (Phi) is 3.27. The fourth-order valence-electron chi connectivity index (χ4n) is 2.52. The molecule has 1 heterocycles. The average molecular weight is 254 g/mol. The fourth-order valence-corrected chi connectivity index (χ4v) is 2.52. The van der Waals surface area contributed by atoms with Crippen molar-refractivity contribution < 1.29 is 4.74 Å². The lowest BCUT2D eigenvalue weighted by molar-refractivity contribution is 0.326. The van der Waals surface area contributed by atoms with Gasteiger partial charge in [0.2, 0.25) is 0 Å². The molecule has 1 aliphatic rings. The third-order valence-corrected chi connectivity index (χ3v) is 3.52. The lowest BCUT2D eigenvalue weighted by atomic mass is 10.2. The number of fused-ring (bicyclic) bond motifs is 1. The van der Waals surface area contributed by atoms with Gasteiger partial charge in [0, 0.05) is 12.2 Å². The van der Waals surface area contributed by atoms with Crippen LogP contribution in [0.5, 0.6) is 5.75 Å². The molecule has 0 fully saturated rings. The predicted molar refractivity (Wildman–Crippen MR) is 78.7 cm³/mol. The van der Waals surface area contributed by atoms with Crippen molar-refractivity contribution in [2.75, 3.05) is 30.3 Å². The van der Waals surface area contributed by atoms with Crippen LogP contribution in [0.15, 0.2) is 48.5 Å². The van der Waals surface area contributed by atoms with Crippen LogP contribution in [0.4, 0.5) is 11.4 Å². The molecule has 98 valence electrons. The Balaban J connectivity index is 1.58. The third kappa shape index (κ3) is 2.50. The van der Waals surface area contributed by atoms with Crippen molar-refractivity contribution in [1.29, 1.82) is 0 Å². The maximum Gasteiger partial charge on any atom is 0.142 e. The highest BCUT2D eigenvalue weighted by molar-refractivity contribution is 5.57. The molecule has 0 saturated heterocycles. The van der Waals surface area contributed by atoms with Gasteiger partial charge in [0.05, 0.1) is 12.2 Å². The second-order valence-corrected chi connectivity index (χ2v) is 4.75. The van der Waals surface area contributed by atoms with E-state index in [1.165, 1.54) is 11.3 Å². The molecule has 3 rings (SSSR count). The molecule has 2 aromatic rings. The van der Waals surface area contributed by atoms with E-state index in [-0.39, 0.29) is 0 Å². The van der Waals surface area contributed by atoms with E-state index in [2.05, 4.69) is 29.2 Å². The number of nitrogen functional groups attached to an aromatic ring is 1. The van der Waals surface area contributed by atoms with Gasteiger partial charge in [0.25, 0.3) is 0 Å². The summed E-state index contributed by atoms with van der Waals surface area (Å²) in [5.74, 6) is 0.773. The van der Waals surface area contributed by atoms with Gasteiger partial charge in [-0.05, 0) is 30.2 Å². The van der Waals surface area contributed by atoms with Gasteiger partial charge >= 0.3 is 0 Å². The Hall–Kier alpha value is -2.16. The largest absolute Gasteiger partial charge is 0.490 e. The Labute approximate surface area is 113 Å². The van der Waals surface area contributed by atoms with Crippen molar-refractivity contribution in [3.8, 4) is 5.75 Å². The van der Waals surface area contributed by atoms with Gasteiger partial charge in [-0.25, -0.2) is 0 Å². The first-order chi connectivity index (χ1) is 9.34. The van der Waals surface area contributed by atoms with Gasteiger partial charge in [-0.15, -0.1) is 0 Å². The minimum atomic E-state index is 0.655. The van der Waals surface area contributed by atoms with Crippen LogP contribution in [-0.4, -0.2) is 19.7 Å². The number of nitrogens with zero attached hydrogens (tertiary/aromatic N) is 1. The van der Waals surface area contributed by atoms with E-state index in [1.807, 2.05) is 24.3 Å². The van der Waals surface area contributed by atoms with Crippen molar-refractivity contribution in [2.24, 2.45) is 0 Å². The molecule has 19 heavy (non-hydrogen) atoms. The van der Waals surface area contributed by atoms with Gasteiger partial charge in [0.1, 0.15) is 12.4 Å². The first-order valence-corrected chi connectivity index (χ1v) is 6.65. The molecule has 3 heteroatoms. The summed E-state index contributed by atoms with van der Waals surface area (Å²) < 4.78 is 5.75.